The Morgan fingerprint density at radius 2 is 1.48 bits per heavy atom. The van der Waals surface area contributed by atoms with Crippen molar-refractivity contribution in [1.82, 2.24) is 5.32 Å². The predicted molar refractivity (Wildman–Crippen MR) is 94.5 cm³/mol. The van der Waals surface area contributed by atoms with Gasteiger partial charge in [-0.2, -0.15) is 0 Å². The number of amides is 3. The highest BCUT2D eigenvalue weighted by atomic mass is 16.4. The molecule has 0 aliphatic carbocycles. The first-order chi connectivity index (χ1) is 11.9. The molecule has 0 aliphatic heterocycles. The van der Waals surface area contributed by atoms with Gasteiger partial charge in [-0.1, -0.05) is 30.3 Å². The minimum absolute atomic E-state index is 0.186. The Morgan fingerprint density at radius 3 is 2.00 bits per heavy atom. The molecule has 0 radical (unpaired) electrons. The van der Waals surface area contributed by atoms with Crippen LogP contribution >= 0.6 is 0 Å². The summed E-state index contributed by atoms with van der Waals surface area (Å²) in [6.07, 6.45) is 0.186. The van der Waals surface area contributed by atoms with Gasteiger partial charge < -0.3 is 21.1 Å². The summed E-state index contributed by atoms with van der Waals surface area (Å²) in [6.45, 7) is 1.40. The molecule has 3 amide bonds. The van der Waals surface area contributed by atoms with Gasteiger partial charge in [0.2, 0.25) is 5.91 Å². The minimum Gasteiger partial charge on any atom is -0.480 e. The van der Waals surface area contributed by atoms with E-state index in [1.807, 2.05) is 18.2 Å². The Hall–Kier alpha value is -3.35. The molecule has 25 heavy (non-hydrogen) atoms. The smallest absolute Gasteiger partial charge is 0.326 e. The Labute approximate surface area is 145 Å². The van der Waals surface area contributed by atoms with Crippen molar-refractivity contribution in [2.75, 3.05) is 10.6 Å². The molecule has 7 nitrogen and oxygen atoms in total. The third-order valence-electron chi connectivity index (χ3n) is 3.35. The number of carbonyl (C=O) groups excluding carboxylic acids is 2. The number of carboxylic acids is 1. The fourth-order valence-electron chi connectivity index (χ4n) is 2.22. The van der Waals surface area contributed by atoms with Crippen LogP contribution in [0.15, 0.2) is 54.6 Å². The summed E-state index contributed by atoms with van der Waals surface area (Å²) in [4.78, 5) is 34.3. The highest BCUT2D eigenvalue weighted by molar-refractivity contribution is 5.93. The summed E-state index contributed by atoms with van der Waals surface area (Å²) in [6, 6.07) is 13.9. The number of carbonyl (C=O) groups is 3. The molecule has 2 aromatic carbocycles. The average Bonchev–Trinajstić information content (AvgIpc) is 2.56. The molecule has 0 aromatic heterocycles. The topological polar surface area (TPSA) is 108 Å². The standard InChI is InChI=1S/C18H19N3O4/c1-12(22)19-14-7-9-15(10-8-14)20-18(25)21-16(17(23)24)11-13-5-3-2-4-6-13/h2-10,16H,11H2,1H3,(H,19,22)(H,23,24)(H2,20,21,25). The number of hydrogen-bond donors (Lipinski definition) is 4. The maximum Gasteiger partial charge on any atom is 0.326 e. The van der Waals surface area contributed by atoms with Crippen molar-refractivity contribution in [2.45, 2.75) is 19.4 Å². The second-order valence-electron chi connectivity index (χ2n) is 5.44. The number of hydrogen-bond acceptors (Lipinski definition) is 3. The highest BCUT2D eigenvalue weighted by Crippen LogP contribution is 2.13. The Bertz CT molecular complexity index is 745. The lowest BCUT2D eigenvalue weighted by atomic mass is 10.1. The van der Waals surface area contributed by atoms with E-state index in [-0.39, 0.29) is 12.3 Å². The van der Waals surface area contributed by atoms with Crippen LogP contribution in [0.5, 0.6) is 0 Å². The summed E-state index contributed by atoms with van der Waals surface area (Å²) in [7, 11) is 0. The van der Waals surface area contributed by atoms with Crippen LogP contribution in [0.4, 0.5) is 16.2 Å². The van der Waals surface area contributed by atoms with Crippen LogP contribution in [-0.4, -0.2) is 29.1 Å². The molecule has 1 atom stereocenters. The van der Waals surface area contributed by atoms with Crippen LogP contribution in [0.3, 0.4) is 0 Å². The van der Waals surface area contributed by atoms with Crippen LogP contribution < -0.4 is 16.0 Å². The third kappa shape index (κ3) is 5.98. The average molecular weight is 341 g/mol. The van der Waals surface area contributed by atoms with Crippen LogP contribution in [0, 0.1) is 0 Å². The molecular formula is C18H19N3O4. The van der Waals surface area contributed by atoms with E-state index in [9.17, 15) is 19.5 Å². The number of carboxylic acid groups (broad SMARTS) is 1. The van der Waals surface area contributed by atoms with Gasteiger partial charge in [-0.3, -0.25) is 4.79 Å². The van der Waals surface area contributed by atoms with Crippen molar-refractivity contribution in [3.63, 3.8) is 0 Å². The monoisotopic (exact) mass is 341 g/mol. The summed E-state index contributed by atoms with van der Waals surface area (Å²) in [5.74, 6) is -1.30. The summed E-state index contributed by atoms with van der Waals surface area (Å²) >= 11 is 0. The van der Waals surface area contributed by atoms with Crippen molar-refractivity contribution >= 4 is 29.3 Å². The first-order valence-electron chi connectivity index (χ1n) is 7.66. The number of anilines is 2. The van der Waals surface area contributed by atoms with Gasteiger partial charge in [0.25, 0.3) is 0 Å². The maximum absolute atomic E-state index is 12.0. The van der Waals surface area contributed by atoms with Crippen molar-refractivity contribution in [3.8, 4) is 0 Å². The lowest BCUT2D eigenvalue weighted by molar-refractivity contribution is -0.139. The zero-order valence-electron chi connectivity index (χ0n) is 13.7. The summed E-state index contributed by atoms with van der Waals surface area (Å²) in [5.41, 5.74) is 1.90. The molecule has 4 N–H and O–H groups in total. The number of urea groups is 1. The lowest BCUT2D eigenvalue weighted by Crippen LogP contribution is -2.44. The zero-order chi connectivity index (χ0) is 18.2. The van der Waals surface area contributed by atoms with Crippen molar-refractivity contribution in [1.29, 1.82) is 0 Å². The lowest BCUT2D eigenvalue weighted by Gasteiger charge is -2.15. The van der Waals surface area contributed by atoms with Gasteiger partial charge in [-0.15, -0.1) is 0 Å². The molecule has 0 saturated carbocycles. The molecule has 1 unspecified atom stereocenters. The first-order valence-corrected chi connectivity index (χ1v) is 7.66. The van der Waals surface area contributed by atoms with Gasteiger partial charge in [0.1, 0.15) is 6.04 Å². The number of rotatable bonds is 6. The van der Waals surface area contributed by atoms with E-state index >= 15 is 0 Å². The summed E-state index contributed by atoms with van der Waals surface area (Å²) < 4.78 is 0. The first kappa shape index (κ1) is 18.0. The largest absolute Gasteiger partial charge is 0.480 e. The Balaban J connectivity index is 1.94. The second kappa shape index (κ2) is 8.49. The van der Waals surface area contributed by atoms with Crippen molar-refractivity contribution in [2.24, 2.45) is 0 Å². The second-order valence-corrected chi connectivity index (χ2v) is 5.44. The molecule has 0 aliphatic rings. The minimum atomic E-state index is -1.11. The molecule has 0 saturated heterocycles. The van der Waals surface area contributed by atoms with E-state index in [0.29, 0.717) is 11.4 Å². The third-order valence-corrected chi connectivity index (χ3v) is 3.35. The Morgan fingerprint density at radius 1 is 0.920 bits per heavy atom. The molecule has 0 fully saturated rings. The van der Waals surface area contributed by atoms with E-state index in [4.69, 9.17) is 0 Å². The molecule has 0 bridgehead atoms. The molecule has 2 aromatic rings. The van der Waals surface area contributed by atoms with E-state index in [1.165, 1.54) is 6.92 Å². The van der Waals surface area contributed by atoms with Crippen LogP contribution in [0.1, 0.15) is 12.5 Å². The molecule has 0 heterocycles. The van der Waals surface area contributed by atoms with E-state index in [1.54, 1.807) is 36.4 Å². The molecule has 7 heteroatoms. The van der Waals surface area contributed by atoms with Gasteiger partial charge in [-0.05, 0) is 29.8 Å². The molecule has 130 valence electrons. The van der Waals surface area contributed by atoms with E-state index < -0.39 is 18.0 Å². The van der Waals surface area contributed by atoms with Crippen LogP contribution in [-0.2, 0) is 16.0 Å². The molecule has 2 rings (SSSR count). The van der Waals surface area contributed by atoms with Gasteiger partial charge in [-0.25, -0.2) is 9.59 Å². The van der Waals surface area contributed by atoms with Gasteiger partial charge >= 0.3 is 12.0 Å². The van der Waals surface area contributed by atoms with Crippen LogP contribution in [0.2, 0.25) is 0 Å². The van der Waals surface area contributed by atoms with Crippen molar-refractivity contribution in [3.05, 3.63) is 60.2 Å². The summed E-state index contributed by atoms with van der Waals surface area (Å²) in [5, 5.41) is 16.9. The van der Waals surface area contributed by atoms with E-state index in [2.05, 4.69) is 16.0 Å². The number of benzene rings is 2. The number of aliphatic carboxylic acids is 1. The zero-order valence-corrected chi connectivity index (χ0v) is 13.7. The fraction of sp³-hybridized carbons (Fsp3) is 0.167. The number of nitrogens with one attached hydrogen (secondary N) is 3. The quantitative estimate of drug-likeness (QED) is 0.647. The predicted octanol–water partition coefficient (Wildman–Crippen LogP) is 2.46. The van der Waals surface area contributed by atoms with E-state index in [0.717, 1.165) is 5.56 Å². The maximum atomic E-state index is 12.0. The molecular weight excluding hydrogens is 322 g/mol. The van der Waals surface area contributed by atoms with Crippen molar-refractivity contribution < 1.29 is 19.5 Å². The van der Waals surface area contributed by atoms with Gasteiger partial charge in [0.15, 0.2) is 0 Å². The normalized spacial score (nSPS) is 11.2. The van der Waals surface area contributed by atoms with Gasteiger partial charge in [0, 0.05) is 24.7 Å². The Kier molecular flexibility index (Phi) is 6.11. The highest BCUT2D eigenvalue weighted by Gasteiger charge is 2.20. The van der Waals surface area contributed by atoms with Crippen LogP contribution in [0.25, 0.3) is 0 Å². The fourth-order valence-corrected chi connectivity index (χ4v) is 2.22. The van der Waals surface area contributed by atoms with Gasteiger partial charge in [0.05, 0.1) is 0 Å². The SMILES string of the molecule is CC(=O)Nc1ccc(NC(=O)NC(Cc2ccccc2)C(=O)O)cc1. The molecule has 0 spiro atoms.